The fourth-order valence-electron chi connectivity index (χ4n) is 6.72. The quantitative estimate of drug-likeness (QED) is 0.267. The summed E-state index contributed by atoms with van der Waals surface area (Å²) < 4.78 is 21.1. The van der Waals surface area contributed by atoms with Gasteiger partial charge < -0.3 is 14.7 Å². The summed E-state index contributed by atoms with van der Waals surface area (Å²) in [6, 6.07) is 12.4. The van der Waals surface area contributed by atoms with Crippen molar-refractivity contribution in [2.24, 2.45) is 5.41 Å². The molecule has 242 valence electrons. The zero-order valence-corrected chi connectivity index (χ0v) is 28.5. The molecule has 1 N–H and O–H groups in total. The van der Waals surface area contributed by atoms with Gasteiger partial charge in [0.25, 0.3) is 0 Å². The molecule has 0 saturated carbocycles. The van der Waals surface area contributed by atoms with Crippen LogP contribution in [0.15, 0.2) is 36.4 Å². The Morgan fingerprint density at radius 3 is 2.44 bits per heavy atom. The molecule has 1 aromatic heterocycles. The second-order valence-electron chi connectivity index (χ2n) is 14.5. The lowest BCUT2D eigenvalue weighted by atomic mass is 9.81. The van der Waals surface area contributed by atoms with Crippen LogP contribution in [0.5, 0.6) is 0 Å². The van der Waals surface area contributed by atoms with Gasteiger partial charge in [0.1, 0.15) is 6.67 Å². The standard InChI is InChI=1S/C37H47ClFN3O3/c1-23-9-8-10-29(38)28(23)22-41-16-13-25-19-26(11-12-27(25)21-41)32-30(20-39)40-24(2)31(34(35(43)44)45-36(3,4)5)33(32)42-17-14-37(6,7)15-18-42/h8-12,19,34H,13-18,20-22H2,1-7H3,(H,43,44). The number of hydrogen-bond donors (Lipinski definition) is 1. The third-order valence-corrected chi connectivity index (χ3v) is 9.67. The molecule has 0 aliphatic carbocycles. The van der Waals surface area contributed by atoms with Crippen molar-refractivity contribution in [2.75, 3.05) is 24.5 Å². The van der Waals surface area contributed by atoms with Crippen LogP contribution in [0.25, 0.3) is 11.1 Å². The molecule has 1 unspecified atom stereocenters. The van der Waals surface area contributed by atoms with E-state index in [4.69, 9.17) is 21.3 Å². The summed E-state index contributed by atoms with van der Waals surface area (Å²) in [6.45, 7) is 17.1. The van der Waals surface area contributed by atoms with Crippen LogP contribution in [-0.4, -0.2) is 46.2 Å². The van der Waals surface area contributed by atoms with Crippen LogP contribution in [-0.2, 0) is 35.7 Å². The molecule has 3 heterocycles. The molecule has 1 fully saturated rings. The predicted octanol–water partition coefficient (Wildman–Crippen LogP) is 8.61. The number of rotatable bonds is 8. The Morgan fingerprint density at radius 2 is 1.82 bits per heavy atom. The van der Waals surface area contributed by atoms with Crippen molar-refractivity contribution in [1.29, 1.82) is 0 Å². The Hall–Kier alpha value is -3.00. The van der Waals surface area contributed by atoms with Crippen LogP contribution in [0.3, 0.4) is 0 Å². The van der Waals surface area contributed by atoms with Crippen molar-refractivity contribution < 1.29 is 19.0 Å². The molecule has 0 bridgehead atoms. The van der Waals surface area contributed by atoms with Gasteiger partial charge >= 0.3 is 5.97 Å². The zero-order chi connectivity index (χ0) is 32.7. The van der Waals surface area contributed by atoms with Crippen LogP contribution in [0, 0.1) is 19.3 Å². The molecular weight excluding hydrogens is 589 g/mol. The maximum Gasteiger partial charge on any atom is 0.337 e. The molecule has 2 aromatic carbocycles. The van der Waals surface area contributed by atoms with Gasteiger partial charge in [0.2, 0.25) is 0 Å². The molecular formula is C37H47ClFN3O3. The molecule has 2 aliphatic heterocycles. The second-order valence-corrected chi connectivity index (χ2v) is 14.9. The number of fused-ring (bicyclic) bond motifs is 1. The highest BCUT2D eigenvalue weighted by molar-refractivity contribution is 6.31. The summed E-state index contributed by atoms with van der Waals surface area (Å²) in [4.78, 5) is 22.2. The van der Waals surface area contributed by atoms with Gasteiger partial charge in [0.05, 0.1) is 17.0 Å². The van der Waals surface area contributed by atoms with Crippen LogP contribution in [0.4, 0.5) is 10.1 Å². The van der Waals surface area contributed by atoms with Crippen LogP contribution in [0.2, 0.25) is 5.02 Å². The zero-order valence-electron chi connectivity index (χ0n) is 27.8. The maximum atomic E-state index is 14.9. The van der Waals surface area contributed by atoms with E-state index in [1.165, 1.54) is 16.7 Å². The second kappa shape index (κ2) is 13.0. The van der Waals surface area contributed by atoms with E-state index >= 15 is 0 Å². The first kappa shape index (κ1) is 33.4. The molecule has 0 spiro atoms. The highest BCUT2D eigenvalue weighted by atomic mass is 35.5. The first-order valence-electron chi connectivity index (χ1n) is 16.0. The monoisotopic (exact) mass is 635 g/mol. The summed E-state index contributed by atoms with van der Waals surface area (Å²) in [7, 11) is 0. The number of hydrogen-bond acceptors (Lipinski definition) is 5. The number of ether oxygens (including phenoxy) is 1. The largest absolute Gasteiger partial charge is 0.479 e. The smallest absolute Gasteiger partial charge is 0.337 e. The van der Waals surface area contributed by atoms with Gasteiger partial charge in [-0.1, -0.05) is 55.8 Å². The average molecular weight is 636 g/mol. The number of carbonyl (C=O) groups is 1. The fraction of sp³-hybridized carbons (Fsp3) is 0.514. The third-order valence-electron chi connectivity index (χ3n) is 9.31. The highest BCUT2D eigenvalue weighted by Crippen LogP contribution is 2.45. The van der Waals surface area contributed by atoms with E-state index in [-0.39, 0.29) is 5.41 Å². The number of piperidine rings is 1. The molecule has 0 radical (unpaired) electrons. The Labute approximate surface area is 272 Å². The number of carboxylic acid groups (broad SMARTS) is 1. The minimum absolute atomic E-state index is 0.177. The number of benzene rings is 2. The van der Waals surface area contributed by atoms with Gasteiger partial charge in [-0.15, -0.1) is 0 Å². The summed E-state index contributed by atoms with van der Waals surface area (Å²) in [5.74, 6) is -1.08. The van der Waals surface area contributed by atoms with Gasteiger partial charge in [-0.2, -0.15) is 0 Å². The normalized spacial score (nSPS) is 17.7. The molecule has 0 amide bonds. The Bertz CT molecular complexity index is 1550. The van der Waals surface area contributed by atoms with E-state index in [0.717, 1.165) is 73.8 Å². The van der Waals surface area contributed by atoms with Crippen molar-refractivity contribution in [2.45, 2.75) is 99.2 Å². The van der Waals surface area contributed by atoms with Gasteiger partial charge in [0.15, 0.2) is 6.10 Å². The van der Waals surface area contributed by atoms with E-state index in [9.17, 15) is 14.3 Å². The molecule has 5 rings (SSSR count). The predicted molar refractivity (Wildman–Crippen MR) is 180 cm³/mol. The third kappa shape index (κ3) is 7.37. The number of halogens is 2. The highest BCUT2D eigenvalue weighted by Gasteiger charge is 2.37. The summed E-state index contributed by atoms with van der Waals surface area (Å²) >= 11 is 6.55. The molecule has 8 heteroatoms. The minimum atomic E-state index is -1.24. The number of aromatic nitrogens is 1. The van der Waals surface area contributed by atoms with Gasteiger partial charge in [-0.3, -0.25) is 9.88 Å². The summed E-state index contributed by atoms with van der Waals surface area (Å²) in [5, 5.41) is 11.3. The minimum Gasteiger partial charge on any atom is -0.479 e. The van der Waals surface area contributed by atoms with Crippen LogP contribution in [0.1, 0.15) is 92.8 Å². The van der Waals surface area contributed by atoms with E-state index in [1.807, 2.05) is 32.9 Å². The Kier molecular flexibility index (Phi) is 9.65. The molecule has 1 atom stereocenters. The first-order valence-corrected chi connectivity index (χ1v) is 16.4. The number of aliphatic carboxylic acids is 1. The van der Waals surface area contributed by atoms with Crippen molar-refractivity contribution >= 4 is 23.3 Å². The van der Waals surface area contributed by atoms with Gasteiger partial charge in [0, 0.05) is 54.6 Å². The number of carboxylic acids is 1. The van der Waals surface area contributed by atoms with Gasteiger partial charge in [-0.05, 0) is 93.2 Å². The van der Waals surface area contributed by atoms with E-state index in [1.54, 1.807) is 6.92 Å². The fourth-order valence-corrected chi connectivity index (χ4v) is 7.00. The number of nitrogens with zero attached hydrogens (tertiary/aromatic N) is 3. The van der Waals surface area contributed by atoms with E-state index < -0.39 is 24.3 Å². The topological polar surface area (TPSA) is 65.9 Å². The lowest BCUT2D eigenvalue weighted by Crippen LogP contribution is -2.39. The van der Waals surface area contributed by atoms with Gasteiger partial charge in [-0.25, -0.2) is 9.18 Å². The SMILES string of the molecule is Cc1cccc(Cl)c1CN1CCc2cc(-c3c(CF)nc(C)c(C(OC(C)(C)C)C(=O)O)c3N3CCC(C)(C)CC3)ccc2C1. The van der Waals surface area contributed by atoms with Crippen molar-refractivity contribution in [3.8, 4) is 11.1 Å². The number of alkyl halides is 1. The molecule has 1 saturated heterocycles. The van der Waals surface area contributed by atoms with E-state index in [2.05, 4.69) is 54.8 Å². The number of pyridine rings is 1. The number of aryl methyl sites for hydroxylation is 2. The molecule has 45 heavy (non-hydrogen) atoms. The summed E-state index contributed by atoms with van der Waals surface area (Å²) in [6.07, 6.45) is 1.50. The average Bonchev–Trinajstić information content (AvgIpc) is 2.97. The molecule has 2 aliphatic rings. The lowest BCUT2D eigenvalue weighted by molar-refractivity contribution is -0.160. The van der Waals surface area contributed by atoms with Crippen molar-refractivity contribution in [3.63, 3.8) is 0 Å². The lowest BCUT2D eigenvalue weighted by Gasteiger charge is -2.41. The van der Waals surface area contributed by atoms with E-state index in [0.29, 0.717) is 22.5 Å². The van der Waals surface area contributed by atoms with Crippen molar-refractivity contribution in [1.82, 2.24) is 9.88 Å². The van der Waals surface area contributed by atoms with Crippen LogP contribution < -0.4 is 4.90 Å². The van der Waals surface area contributed by atoms with Crippen molar-refractivity contribution in [3.05, 3.63) is 80.6 Å². The maximum absolute atomic E-state index is 14.9. The number of anilines is 1. The molecule has 6 nitrogen and oxygen atoms in total. The van der Waals surface area contributed by atoms with Crippen LogP contribution >= 0.6 is 11.6 Å². The Morgan fingerprint density at radius 1 is 1.11 bits per heavy atom. The Balaban J connectivity index is 1.60. The first-order chi connectivity index (χ1) is 21.2. The summed E-state index contributed by atoms with van der Waals surface area (Å²) in [5.41, 5.74) is 7.90. The molecule has 3 aromatic rings.